The molecule has 0 aliphatic rings. The highest BCUT2D eigenvalue weighted by Crippen LogP contribution is 2.30. The molecule has 0 fully saturated rings. The van der Waals surface area contributed by atoms with Gasteiger partial charge in [-0.25, -0.2) is 9.97 Å². The predicted molar refractivity (Wildman–Crippen MR) is 79.8 cm³/mol. The molecule has 2 heterocycles. The average Bonchev–Trinajstić information content (AvgIpc) is 2.73. The second-order valence-electron chi connectivity index (χ2n) is 4.80. The van der Waals surface area contributed by atoms with Gasteiger partial charge in [-0.15, -0.1) is 0 Å². The van der Waals surface area contributed by atoms with Crippen molar-refractivity contribution in [3.63, 3.8) is 0 Å². The maximum absolute atomic E-state index is 5.97. The Hall–Kier alpha value is -1.43. The molecule has 0 saturated carbocycles. The molecule has 0 aromatic carbocycles. The molecule has 0 spiro atoms. The molecule has 0 aliphatic carbocycles. The molecule has 0 amide bonds. The van der Waals surface area contributed by atoms with E-state index < -0.39 is 0 Å². The lowest BCUT2D eigenvalue weighted by Crippen LogP contribution is -2.04. The van der Waals surface area contributed by atoms with E-state index in [9.17, 15) is 0 Å². The first kappa shape index (κ1) is 14.0. The Labute approximate surface area is 121 Å². The largest absolute Gasteiger partial charge is 0.383 e. The van der Waals surface area contributed by atoms with Gasteiger partial charge >= 0.3 is 0 Å². The smallest absolute Gasteiger partial charge is 0.165 e. The van der Waals surface area contributed by atoms with Crippen LogP contribution in [0, 0.1) is 0 Å². The molecule has 0 bridgehead atoms. The van der Waals surface area contributed by atoms with E-state index in [0.717, 1.165) is 27.8 Å². The van der Waals surface area contributed by atoms with Crippen molar-refractivity contribution in [2.45, 2.75) is 33.1 Å². The van der Waals surface area contributed by atoms with Gasteiger partial charge in [-0.1, -0.05) is 20.8 Å². The van der Waals surface area contributed by atoms with Crippen LogP contribution in [0.4, 0.5) is 5.82 Å². The van der Waals surface area contributed by atoms with Gasteiger partial charge in [0.25, 0.3) is 0 Å². The quantitative estimate of drug-likeness (QED) is 0.942. The van der Waals surface area contributed by atoms with E-state index in [0.29, 0.717) is 11.6 Å². The first-order valence-electron chi connectivity index (χ1n) is 6.29. The molecule has 0 unspecified atom stereocenters. The summed E-state index contributed by atoms with van der Waals surface area (Å²) in [5, 5.41) is 4.42. The van der Waals surface area contributed by atoms with Crippen LogP contribution in [0.1, 0.15) is 38.1 Å². The van der Waals surface area contributed by atoms with Gasteiger partial charge in [0.15, 0.2) is 5.82 Å². The molecule has 0 saturated heterocycles. The van der Waals surface area contributed by atoms with Crippen molar-refractivity contribution < 1.29 is 0 Å². The van der Waals surface area contributed by atoms with Crippen LogP contribution < -0.4 is 5.73 Å². The highest BCUT2D eigenvalue weighted by molar-refractivity contribution is 9.10. The number of rotatable bonds is 3. The normalized spacial score (nSPS) is 11.3. The minimum atomic E-state index is 0.278. The molecule has 19 heavy (non-hydrogen) atoms. The van der Waals surface area contributed by atoms with Gasteiger partial charge in [-0.2, -0.15) is 5.10 Å². The highest BCUT2D eigenvalue weighted by Gasteiger charge is 2.17. The molecular weight excluding hydrogens is 306 g/mol. The molecule has 6 heteroatoms. The summed E-state index contributed by atoms with van der Waals surface area (Å²) in [5.41, 5.74) is 8.83. The Morgan fingerprint density at radius 2 is 2.05 bits per heavy atom. The Morgan fingerprint density at radius 1 is 1.37 bits per heavy atom. The maximum atomic E-state index is 5.97. The van der Waals surface area contributed by atoms with Crippen LogP contribution in [0.2, 0.25) is 0 Å². The molecule has 2 aromatic rings. The highest BCUT2D eigenvalue weighted by atomic mass is 79.9. The second kappa shape index (κ2) is 5.28. The summed E-state index contributed by atoms with van der Waals surface area (Å²) in [7, 11) is 1.90. The standard InChI is InChI=1S/C13H18BrN5/c1-5-9-8(6-19(4)18-9)13-16-11(7(2)3)10(14)12(15)17-13/h6-7H,5H2,1-4H3,(H2,15,16,17). The van der Waals surface area contributed by atoms with Crippen molar-refractivity contribution in [3.05, 3.63) is 22.1 Å². The lowest BCUT2D eigenvalue weighted by molar-refractivity contribution is 0.746. The molecule has 2 rings (SSSR count). The number of hydrogen-bond donors (Lipinski definition) is 1. The van der Waals surface area contributed by atoms with Crippen LogP contribution in [0.5, 0.6) is 0 Å². The maximum Gasteiger partial charge on any atom is 0.165 e. The Bertz CT molecular complexity index is 603. The van der Waals surface area contributed by atoms with Crippen LogP contribution in [0.3, 0.4) is 0 Å². The van der Waals surface area contributed by atoms with Crippen LogP contribution >= 0.6 is 15.9 Å². The summed E-state index contributed by atoms with van der Waals surface area (Å²) in [6.07, 6.45) is 2.78. The van der Waals surface area contributed by atoms with Crippen LogP contribution in [0.25, 0.3) is 11.4 Å². The van der Waals surface area contributed by atoms with Crippen molar-refractivity contribution in [1.82, 2.24) is 19.7 Å². The monoisotopic (exact) mass is 323 g/mol. The van der Waals surface area contributed by atoms with Crippen LogP contribution in [0.15, 0.2) is 10.7 Å². The fraction of sp³-hybridized carbons (Fsp3) is 0.462. The van der Waals surface area contributed by atoms with E-state index in [1.54, 1.807) is 4.68 Å². The van der Waals surface area contributed by atoms with Crippen molar-refractivity contribution in [2.24, 2.45) is 7.05 Å². The zero-order valence-corrected chi connectivity index (χ0v) is 13.2. The van der Waals surface area contributed by atoms with Crippen molar-refractivity contribution in [3.8, 4) is 11.4 Å². The van der Waals surface area contributed by atoms with Gasteiger partial charge in [0, 0.05) is 13.2 Å². The summed E-state index contributed by atoms with van der Waals surface area (Å²) in [4.78, 5) is 9.01. The number of aryl methyl sites for hydroxylation is 2. The Kier molecular flexibility index (Phi) is 3.89. The number of nitrogen functional groups attached to an aromatic ring is 1. The predicted octanol–water partition coefficient (Wildman–Crippen LogP) is 2.91. The summed E-state index contributed by atoms with van der Waals surface area (Å²) in [6, 6.07) is 0. The molecule has 5 nitrogen and oxygen atoms in total. The van der Waals surface area contributed by atoms with Gasteiger partial charge in [0.05, 0.1) is 21.4 Å². The van der Waals surface area contributed by atoms with E-state index >= 15 is 0 Å². The molecule has 0 atom stereocenters. The zero-order valence-electron chi connectivity index (χ0n) is 11.6. The topological polar surface area (TPSA) is 69.6 Å². The second-order valence-corrected chi connectivity index (χ2v) is 5.60. The van der Waals surface area contributed by atoms with E-state index in [1.165, 1.54) is 0 Å². The molecular formula is C13H18BrN5. The number of nitrogens with two attached hydrogens (primary N) is 1. The summed E-state index contributed by atoms with van der Waals surface area (Å²) in [5.74, 6) is 1.40. The zero-order chi connectivity index (χ0) is 14.2. The van der Waals surface area contributed by atoms with Gasteiger partial charge in [-0.3, -0.25) is 4.68 Å². The van der Waals surface area contributed by atoms with Gasteiger partial charge in [-0.05, 0) is 28.3 Å². The lowest BCUT2D eigenvalue weighted by atomic mass is 10.1. The third-order valence-corrected chi connectivity index (χ3v) is 3.74. The fourth-order valence-corrected chi connectivity index (χ4v) is 2.60. The van der Waals surface area contributed by atoms with E-state index in [2.05, 4.69) is 51.8 Å². The molecule has 102 valence electrons. The Balaban J connectivity index is 2.62. The summed E-state index contributed by atoms with van der Waals surface area (Å²) >= 11 is 3.46. The van der Waals surface area contributed by atoms with Gasteiger partial charge in [0.1, 0.15) is 5.82 Å². The third kappa shape index (κ3) is 2.63. The number of halogens is 1. The summed E-state index contributed by atoms with van der Waals surface area (Å²) in [6.45, 7) is 6.23. The van der Waals surface area contributed by atoms with Crippen molar-refractivity contribution in [2.75, 3.05) is 5.73 Å². The van der Waals surface area contributed by atoms with E-state index in [1.807, 2.05) is 13.2 Å². The lowest BCUT2D eigenvalue weighted by Gasteiger charge is -2.11. The molecule has 2 aromatic heterocycles. The fourth-order valence-electron chi connectivity index (χ4n) is 1.97. The van der Waals surface area contributed by atoms with Crippen LogP contribution in [-0.2, 0) is 13.5 Å². The van der Waals surface area contributed by atoms with Gasteiger partial charge in [0.2, 0.25) is 0 Å². The van der Waals surface area contributed by atoms with Crippen LogP contribution in [-0.4, -0.2) is 19.7 Å². The molecule has 0 radical (unpaired) electrons. The Morgan fingerprint density at radius 3 is 2.63 bits per heavy atom. The molecule has 0 aliphatic heterocycles. The summed E-state index contributed by atoms with van der Waals surface area (Å²) < 4.78 is 2.57. The van der Waals surface area contributed by atoms with Crippen molar-refractivity contribution in [1.29, 1.82) is 0 Å². The van der Waals surface area contributed by atoms with Crippen molar-refractivity contribution >= 4 is 21.7 Å². The minimum absolute atomic E-state index is 0.278. The SMILES string of the molecule is CCc1nn(C)cc1-c1nc(N)c(Br)c(C(C)C)n1. The minimum Gasteiger partial charge on any atom is -0.383 e. The van der Waals surface area contributed by atoms with E-state index in [4.69, 9.17) is 5.73 Å². The number of anilines is 1. The first-order chi connectivity index (χ1) is 8.93. The third-order valence-electron chi connectivity index (χ3n) is 2.93. The van der Waals surface area contributed by atoms with E-state index in [-0.39, 0.29) is 5.92 Å². The molecule has 2 N–H and O–H groups in total. The number of aromatic nitrogens is 4. The number of nitrogens with zero attached hydrogens (tertiary/aromatic N) is 4. The van der Waals surface area contributed by atoms with Gasteiger partial charge < -0.3 is 5.73 Å². The first-order valence-corrected chi connectivity index (χ1v) is 7.09. The average molecular weight is 324 g/mol. The number of hydrogen-bond acceptors (Lipinski definition) is 4.